The van der Waals surface area contributed by atoms with Gasteiger partial charge in [-0.15, -0.1) is 11.3 Å². The number of benzene rings is 1. The van der Waals surface area contributed by atoms with Crippen molar-refractivity contribution in [3.8, 4) is 27.9 Å². The summed E-state index contributed by atoms with van der Waals surface area (Å²) in [6.45, 7) is 2.18. The molecule has 1 aliphatic heterocycles. The summed E-state index contributed by atoms with van der Waals surface area (Å²) in [5, 5.41) is 12.0. The summed E-state index contributed by atoms with van der Waals surface area (Å²) < 4.78 is 0. The van der Waals surface area contributed by atoms with Gasteiger partial charge in [0.25, 0.3) is 0 Å². The monoisotopic (exact) mass is 332 g/mol. The summed E-state index contributed by atoms with van der Waals surface area (Å²) in [6.07, 6.45) is 4.35. The second kappa shape index (κ2) is 6.42. The van der Waals surface area contributed by atoms with Gasteiger partial charge in [-0.1, -0.05) is 12.1 Å². The van der Waals surface area contributed by atoms with Crippen molar-refractivity contribution in [1.29, 1.82) is 5.26 Å². The van der Waals surface area contributed by atoms with Crippen LogP contribution < -0.4 is 4.90 Å². The molecule has 5 heteroatoms. The van der Waals surface area contributed by atoms with Gasteiger partial charge in [0.1, 0.15) is 10.8 Å². The minimum absolute atomic E-state index is 0.665. The van der Waals surface area contributed by atoms with Crippen LogP contribution in [0.15, 0.2) is 48.0 Å². The first-order chi connectivity index (χ1) is 11.8. The molecular formula is C19H16N4S. The predicted octanol–water partition coefficient (Wildman–Crippen LogP) is 4.34. The standard InChI is InChI=1S/C19H16N4S/c20-12-14-3-5-15(6-4-14)17-13-24-19(22-17)16-7-8-21-18(11-16)23-9-1-2-10-23/h3-8,11,13H,1-2,9-10H2. The Kier molecular flexibility index (Phi) is 3.97. The van der Waals surface area contributed by atoms with Crippen LogP contribution in [0.25, 0.3) is 21.8 Å². The van der Waals surface area contributed by atoms with Gasteiger partial charge in [-0.05, 0) is 37.1 Å². The predicted molar refractivity (Wildman–Crippen MR) is 96.9 cm³/mol. The molecule has 3 aromatic rings. The van der Waals surface area contributed by atoms with Crippen molar-refractivity contribution < 1.29 is 0 Å². The van der Waals surface area contributed by atoms with Gasteiger partial charge in [0.2, 0.25) is 0 Å². The Bertz CT molecular complexity index is 886. The molecule has 4 nitrogen and oxygen atoms in total. The highest BCUT2D eigenvalue weighted by Gasteiger charge is 2.15. The molecule has 0 atom stereocenters. The first-order valence-electron chi connectivity index (χ1n) is 8.01. The fourth-order valence-electron chi connectivity index (χ4n) is 2.93. The van der Waals surface area contributed by atoms with Gasteiger partial charge in [0, 0.05) is 35.8 Å². The molecule has 0 bridgehead atoms. The van der Waals surface area contributed by atoms with Gasteiger partial charge in [-0.25, -0.2) is 9.97 Å². The number of aromatic nitrogens is 2. The SMILES string of the molecule is N#Cc1ccc(-c2csc(-c3ccnc(N4CCCC4)c3)n2)cc1. The first kappa shape index (κ1) is 14.9. The van der Waals surface area contributed by atoms with Gasteiger partial charge in [-0.3, -0.25) is 0 Å². The van der Waals surface area contributed by atoms with Crippen LogP contribution in [-0.4, -0.2) is 23.1 Å². The maximum atomic E-state index is 8.89. The zero-order valence-corrected chi connectivity index (χ0v) is 14.0. The normalized spacial score (nSPS) is 13.9. The summed E-state index contributed by atoms with van der Waals surface area (Å²) in [5.41, 5.74) is 3.75. The Balaban J connectivity index is 1.62. The van der Waals surface area contributed by atoms with Gasteiger partial charge in [-0.2, -0.15) is 5.26 Å². The molecule has 1 saturated heterocycles. The van der Waals surface area contributed by atoms with Gasteiger partial charge >= 0.3 is 0 Å². The van der Waals surface area contributed by atoms with E-state index in [9.17, 15) is 0 Å². The topological polar surface area (TPSA) is 52.8 Å². The number of nitriles is 1. The van der Waals surface area contributed by atoms with E-state index in [1.54, 1.807) is 11.3 Å². The lowest BCUT2D eigenvalue weighted by Crippen LogP contribution is -2.18. The van der Waals surface area contributed by atoms with E-state index in [4.69, 9.17) is 10.2 Å². The maximum Gasteiger partial charge on any atom is 0.129 e. The van der Waals surface area contributed by atoms with Crippen molar-refractivity contribution in [2.45, 2.75) is 12.8 Å². The minimum Gasteiger partial charge on any atom is -0.357 e. The Morgan fingerprint density at radius 3 is 2.58 bits per heavy atom. The molecule has 0 aliphatic carbocycles. The molecular weight excluding hydrogens is 316 g/mol. The van der Waals surface area contributed by atoms with Crippen LogP contribution in [0.5, 0.6) is 0 Å². The number of anilines is 1. The number of nitrogens with zero attached hydrogens (tertiary/aromatic N) is 4. The van der Waals surface area contributed by atoms with Crippen molar-refractivity contribution in [1.82, 2.24) is 9.97 Å². The lowest BCUT2D eigenvalue weighted by atomic mass is 10.1. The zero-order valence-electron chi connectivity index (χ0n) is 13.1. The fourth-order valence-corrected chi connectivity index (χ4v) is 3.75. The summed E-state index contributed by atoms with van der Waals surface area (Å²) in [5.74, 6) is 1.04. The first-order valence-corrected chi connectivity index (χ1v) is 8.89. The van der Waals surface area contributed by atoms with E-state index in [1.165, 1.54) is 12.8 Å². The molecule has 1 aliphatic rings. The van der Waals surface area contributed by atoms with E-state index in [0.29, 0.717) is 5.56 Å². The molecule has 3 heterocycles. The van der Waals surface area contributed by atoms with Crippen LogP contribution in [0, 0.1) is 11.3 Å². The van der Waals surface area contributed by atoms with Crippen LogP contribution in [0.2, 0.25) is 0 Å². The number of hydrogen-bond donors (Lipinski definition) is 0. The largest absolute Gasteiger partial charge is 0.357 e. The van der Waals surface area contributed by atoms with E-state index in [2.05, 4.69) is 27.4 Å². The van der Waals surface area contributed by atoms with Crippen LogP contribution in [0.4, 0.5) is 5.82 Å². The molecule has 1 fully saturated rings. The number of hydrogen-bond acceptors (Lipinski definition) is 5. The third-order valence-corrected chi connectivity index (χ3v) is 5.13. The number of thiazole rings is 1. The van der Waals surface area contributed by atoms with Gasteiger partial charge in [0.15, 0.2) is 0 Å². The van der Waals surface area contributed by atoms with Gasteiger partial charge in [0.05, 0.1) is 17.3 Å². The van der Waals surface area contributed by atoms with Crippen molar-refractivity contribution in [3.63, 3.8) is 0 Å². The zero-order chi connectivity index (χ0) is 16.4. The van der Waals surface area contributed by atoms with Crippen LogP contribution in [0.3, 0.4) is 0 Å². The summed E-state index contributed by atoms with van der Waals surface area (Å²) >= 11 is 1.64. The molecule has 4 rings (SSSR count). The average molecular weight is 332 g/mol. The van der Waals surface area contributed by atoms with E-state index in [-0.39, 0.29) is 0 Å². The molecule has 0 N–H and O–H groups in total. The molecule has 0 saturated carbocycles. The van der Waals surface area contributed by atoms with Crippen molar-refractivity contribution in [3.05, 3.63) is 53.5 Å². The van der Waals surface area contributed by atoms with E-state index >= 15 is 0 Å². The highest BCUT2D eigenvalue weighted by atomic mass is 32.1. The average Bonchev–Trinajstić information content (AvgIpc) is 3.34. The summed E-state index contributed by atoms with van der Waals surface area (Å²) in [6, 6.07) is 13.8. The van der Waals surface area contributed by atoms with Crippen LogP contribution in [-0.2, 0) is 0 Å². The molecule has 2 aromatic heterocycles. The third-order valence-electron chi connectivity index (χ3n) is 4.24. The highest BCUT2D eigenvalue weighted by Crippen LogP contribution is 2.31. The smallest absolute Gasteiger partial charge is 0.129 e. The molecule has 118 valence electrons. The fraction of sp³-hybridized carbons (Fsp3) is 0.211. The van der Waals surface area contributed by atoms with Crippen LogP contribution >= 0.6 is 11.3 Å². The maximum absolute atomic E-state index is 8.89. The summed E-state index contributed by atoms with van der Waals surface area (Å²) in [7, 11) is 0. The molecule has 0 amide bonds. The molecule has 0 spiro atoms. The molecule has 1 aromatic carbocycles. The van der Waals surface area contributed by atoms with E-state index in [1.807, 2.05) is 36.5 Å². The third kappa shape index (κ3) is 2.89. The van der Waals surface area contributed by atoms with E-state index in [0.717, 1.165) is 40.7 Å². The Morgan fingerprint density at radius 1 is 1.04 bits per heavy atom. The molecule has 0 radical (unpaired) electrons. The minimum atomic E-state index is 0.665. The Morgan fingerprint density at radius 2 is 1.83 bits per heavy atom. The second-order valence-corrected chi connectivity index (χ2v) is 6.68. The van der Waals surface area contributed by atoms with E-state index < -0.39 is 0 Å². The number of rotatable bonds is 3. The van der Waals surface area contributed by atoms with Gasteiger partial charge < -0.3 is 4.90 Å². The lowest BCUT2D eigenvalue weighted by Gasteiger charge is -2.16. The molecule has 0 unspecified atom stereocenters. The second-order valence-electron chi connectivity index (χ2n) is 5.82. The Labute approximate surface area is 145 Å². The van der Waals surface area contributed by atoms with Crippen molar-refractivity contribution in [2.75, 3.05) is 18.0 Å². The van der Waals surface area contributed by atoms with Crippen molar-refractivity contribution in [2.24, 2.45) is 0 Å². The van der Waals surface area contributed by atoms with Crippen molar-refractivity contribution >= 4 is 17.2 Å². The molecule has 24 heavy (non-hydrogen) atoms. The quantitative estimate of drug-likeness (QED) is 0.716. The Hall–Kier alpha value is -2.71. The van der Waals surface area contributed by atoms with Crippen LogP contribution in [0.1, 0.15) is 18.4 Å². The lowest BCUT2D eigenvalue weighted by molar-refractivity contribution is 0.938. The summed E-state index contributed by atoms with van der Waals surface area (Å²) in [4.78, 5) is 11.6. The number of pyridine rings is 1. The highest BCUT2D eigenvalue weighted by molar-refractivity contribution is 7.13.